The van der Waals surface area contributed by atoms with E-state index in [9.17, 15) is 0 Å². The molecule has 0 bridgehead atoms. The lowest BCUT2D eigenvalue weighted by atomic mass is 10.3. The van der Waals surface area contributed by atoms with Gasteiger partial charge < -0.3 is 0 Å². The molecule has 0 radical (unpaired) electrons. The third kappa shape index (κ3) is 2.74. The summed E-state index contributed by atoms with van der Waals surface area (Å²) in [6.07, 6.45) is 4.01. The monoisotopic (exact) mass is 114 g/mol. The molecule has 0 heterocycles. The molecular formula is C6H14Si. The molecule has 0 aliphatic carbocycles. The van der Waals surface area contributed by atoms with Crippen molar-refractivity contribution in [2.45, 2.75) is 32.4 Å². The maximum absolute atomic E-state index is 4.01. The topological polar surface area (TPSA) is 0 Å². The van der Waals surface area contributed by atoms with E-state index in [1.165, 1.54) is 0 Å². The third-order valence-corrected chi connectivity index (χ3v) is 3.84. The van der Waals surface area contributed by atoms with E-state index >= 15 is 0 Å². The SMILES string of the molecule is C=[Si](C)C(C)(C)C. The third-order valence-electron chi connectivity index (χ3n) is 1.28. The second kappa shape index (κ2) is 1.91. The highest BCUT2D eigenvalue weighted by Gasteiger charge is 2.09. The highest BCUT2D eigenvalue weighted by molar-refractivity contribution is 6.63. The Balaban J connectivity index is 3.79. The van der Waals surface area contributed by atoms with E-state index < -0.39 is 0 Å². The first-order valence-electron chi connectivity index (χ1n) is 2.60. The van der Waals surface area contributed by atoms with Crippen molar-refractivity contribution in [3.63, 3.8) is 0 Å². The van der Waals surface area contributed by atoms with Gasteiger partial charge in [-0.25, -0.2) is 0 Å². The van der Waals surface area contributed by atoms with Crippen molar-refractivity contribution >= 4 is 14.6 Å². The fourth-order valence-electron chi connectivity index (χ4n) is 0. The lowest BCUT2D eigenvalue weighted by molar-refractivity contribution is 0.753. The molecule has 0 saturated carbocycles. The molecule has 0 spiro atoms. The van der Waals surface area contributed by atoms with Crippen LogP contribution in [0.5, 0.6) is 0 Å². The average Bonchev–Trinajstić information content (AvgIpc) is 1.31. The molecule has 0 atom stereocenters. The van der Waals surface area contributed by atoms with Crippen LogP contribution in [0, 0.1) is 0 Å². The Labute approximate surface area is 47.8 Å². The second-order valence-corrected chi connectivity index (χ2v) is 6.09. The summed E-state index contributed by atoms with van der Waals surface area (Å²) >= 11 is 0. The fraction of sp³-hybridized carbons (Fsp3) is 0.833. The van der Waals surface area contributed by atoms with E-state index in [1.807, 2.05) is 0 Å². The zero-order valence-electron chi connectivity index (χ0n) is 5.71. The standard InChI is InChI=1S/C6H14Si/c1-6(2,3)7(4)5/h4H2,1-3,5H3. The number of hydrogen-bond donors (Lipinski definition) is 0. The van der Waals surface area contributed by atoms with Crippen molar-refractivity contribution in [3.05, 3.63) is 0 Å². The van der Waals surface area contributed by atoms with Gasteiger partial charge in [-0.1, -0.05) is 27.3 Å². The molecule has 0 saturated heterocycles. The molecule has 0 aromatic rings. The van der Waals surface area contributed by atoms with E-state index in [-0.39, 0.29) is 8.41 Å². The Hall–Kier alpha value is 0.0869. The molecule has 0 fully saturated rings. The second-order valence-electron chi connectivity index (χ2n) is 3.03. The highest BCUT2D eigenvalue weighted by Crippen LogP contribution is 2.21. The molecule has 0 amide bonds. The minimum Gasteiger partial charge on any atom is -0.118 e. The van der Waals surface area contributed by atoms with E-state index in [4.69, 9.17) is 0 Å². The Morgan fingerprint density at radius 2 is 1.43 bits per heavy atom. The Morgan fingerprint density at radius 1 is 1.29 bits per heavy atom. The molecule has 1 heteroatoms. The van der Waals surface area contributed by atoms with Crippen LogP contribution in [0.3, 0.4) is 0 Å². The molecule has 0 aromatic heterocycles. The molecule has 0 aromatic carbocycles. The van der Waals surface area contributed by atoms with Gasteiger partial charge in [0.2, 0.25) is 0 Å². The van der Waals surface area contributed by atoms with Gasteiger partial charge in [-0.3, -0.25) is 0 Å². The van der Waals surface area contributed by atoms with Crippen molar-refractivity contribution in [2.24, 2.45) is 0 Å². The van der Waals surface area contributed by atoms with Crippen LogP contribution in [0.4, 0.5) is 0 Å². The summed E-state index contributed by atoms with van der Waals surface area (Å²) < 4.78 is 0. The Morgan fingerprint density at radius 3 is 1.43 bits per heavy atom. The minimum atomic E-state index is -0.300. The van der Waals surface area contributed by atoms with Gasteiger partial charge in [-0.15, -0.1) is 6.17 Å². The van der Waals surface area contributed by atoms with E-state index in [0.29, 0.717) is 5.04 Å². The van der Waals surface area contributed by atoms with Crippen LogP contribution in [0.2, 0.25) is 11.6 Å². The average molecular weight is 114 g/mol. The van der Waals surface area contributed by atoms with Crippen molar-refractivity contribution in [1.82, 2.24) is 0 Å². The van der Waals surface area contributed by atoms with Crippen molar-refractivity contribution < 1.29 is 0 Å². The van der Waals surface area contributed by atoms with E-state index in [0.717, 1.165) is 0 Å². The Kier molecular flexibility index (Phi) is 1.93. The normalized spacial score (nSPS) is 11.4. The van der Waals surface area contributed by atoms with Gasteiger partial charge >= 0.3 is 0 Å². The maximum Gasteiger partial charge on any atom is 0.00437 e. The molecule has 0 nitrogen and oxygen atoms in total. The molecule has 0 N–H and O–H groups in total. The van der Waals surface area contributed by atoms with Gasteiger partial charge in [0.05, 0.1) is 0 Å². The van der Waals surface area contributed by atoms with Gasteiger partial charge in [-0.05, 0) is 5.04 Å². The van der Waals surface area contributed by atoms with Gasteiger partial charge in [0.15, 0.2) is 0 Å². The van der Waals surface area contributed by atoms with Crippen LogP contribution in [0.25, 0.3) is 0 Å². The van der Waals surface area contributed by atoms with Crippen LogP contribution >= 0.6 is 0 Å². The lowest BCUT2D eigenvalue weighted by Crippen LogP contribution is -2.10. The van der Waals surface area contributed by atoms with Gasteiger partial charge in [0.1, 0.15) is 0 Å². The van der Waals surface area contributed by atoms with E-state index in [1.54, 1.807) is 0 Å². The van der Waals surface area contributed by atoms with Gasteiger partial charge in [0, 0.05) is 8.41 Å². The quantitative estimate of drug-likeness (QED) is 0.422. The lowest BCUT2D eigenvalue weighted by Gasteiger charge is -2.15. The summed E-state index contributed by atoms with van der Waals surface area (Å²) in [4.78, 5) is 0. The zero-order chi connectivity index (χ0) is 6.08. The molecule has 42 valence electrons. The molecule has 0 aliphatic rings. The number of hydrogen-bond acceptors (Lipinski definition) is 0. The number of rotatable bonds is 0. The smallest absolute Gasteiger partial charge is 0.00437 e. The maximum atomic E-state index is 4.01. The van der Waals surface area contributed by atoms with Crippen LogP contribution in [0.1, 0.15) is 20.8 Å². The first kappa shape index (κ1) is 7.09. The molecule has 0 unspecified atom stereocenters. The fourth-order valence-corrected chi connectivity index (χ4v) is 0. The minimum absolute atomic E-state index is 0.300. The zero-order valence-corrected chi connectivity index (χ0v) is 6.71. The Bertz CT molecular complexity index is 76.7. The van der Waals surface area contributed by atoms with E-state index in [2.05, 4.69) is 33.5 Å². The highest BCUT2D eigenvalue weighted by atomic mass is 28.2. The largest absolute Gasteiger partial charge is 0.118 e. The molecular weight excluding hydrogens is 100 g/mol. The summed E-state index contributed by atoms with van der Waals surface area (Å²) in [6.45, 7) is 8.97. The van der Waals surface area contributed by atoms with Gasteiger partial charge in [0.25, 0.3) is 0 Å². The summed E-state index contributed by atoms with van der Waals surface area (Å²) in [6, 6.07) is 0. The van der Waals surface area contributed by atoms with Crippen LogP contribution in [-0.2, 0) is 0 Å². The summed E-state index contributed by atoms with van der Waals surface area (Å²) in [5.41, 5.74) is 0. The van der Waals surface area contributed by atoms with Gasteiger partial charge in [-0.2, -0.15) is 0 Å². The molecule has 7 heavy (non-hydrogen) atoms. The summed E-state index contributed by atoms with van der Waals surface area (Å²) in [7, 11) is -0.300. The van der Waals surface area contributed by atoms with Crippen molar-refractivity contribution in [3.8, 4) is 0 Å². The predicted molar refractivity (Wildman–Crippen MR) is 38.5 cm³/mol. The van der Waals surface area contributed by atoms with Crippen LogP contribution < -0.4 is 0 Å². The summed E-state index contributed by atoms with van der Waals surface area (Å²) in [5.74, 6) is 0. The van der Waals surface area contributed by atoms with Crippen LogP contribution in [-0.4, -0.2) is 14.6 Å². The predicted octanol–water partition coefficient (Wildman–Crippen LogP) is 1.92. The van der Waals surface area contributed by atoms with Crippen molar-refractivity contribution in [1.29, 1.82) is 0 Å². The summed E-state index contributed by atoms with van der Waals surface area (Å²) in [5, 5.41) is 0.491. The van der Waals surface area contributed by atoms with Crippen LogP contribution in [0.15, 0.2) is 0 Å². The first-order chi connectivity index (χ1) is 2.94. The molecule has 0 aliphatic heterocycles. The molecule has 0 rings (SSSR count). The first-order valence-corrected chi connectivity index (χ1v) is 4.81. The van der Waals surface area contributed by atoms with Crippen molar-refractivity contribution in [2.75, 3.05) is 0 Å².